The van der Waals surface area contributed by atoms with Crippen molar-refractivity contribution in [2.24, 2.45) is 0 Å². The molecule has 4 nitrogen and oxygen atoms in total. The van der Waals surface area contributed by atoms with Crippen LogP contribution < -0.4 is 4.90 Å². The Morgan fingerprint density at radius 3 is 2.36 bits per heavy atom. The zero-order chi connectivity index (χ0) is 32.3. The largest absolute Gasteiger partial charge is 0.486 e. The SMILES string of the molecule is [C-]#[N+]/C(=C\c1ccc(-c2ccc(-c3ccc4c(c3)CC(c3ccccc3)N4c3ccc4c(c3)C(C)(C)c3ccccc3-4)s2)s1)C(=O)O. The van der Waals surface area contributed by atoms with Crippen molar-refractivity contribution in [3.8, 4) is 31.3 Å². The van der Waals surface area contributed by atoms with Crippen LogP contribution in [0.5, 0.6) is 0 Å². The number of hydrogen-bond donors (Lipinski definition) is 1. The van der Waals surface area contributed by atoms with Gasteiger partial charge < -0.3 is 10.0 Å². The van der Waals surface area contributed by atoms with Crippen molar-refractivity contribution in [1.29, 1.82) is 0 Å². The highest BCUT2D eigenvalue weighted by Crippen LogP contribution is 2.53. The molecule has 0 radical (unpaired) electrons. The van der Waals surface area contributed by atoms with Gasteiger partial charge in [-0.05, 0) is 100.0 Å². The molecule has 0 saturated carbocycles. The van der Waals surface area contributed by atoms with Gasteiger partial charge in [-0.1, -0.05) is 80.6 Å². The lowest BCUT2D eigenvalue weighted by atomic mass is 9.82. The Kier molecular flexibility index (Phi) is 6.98. The van der Waals surface area contributed by atoms with Crippen molar-refractivity contribution in [3.63, 3.8) is 0 Å². The van der Waals surface area contributed by atoms with E-state index in [9.17, 15) is 9.90 Å². The highest BCUT2D eigenvalue weighted by atomic mass is 32.1. The maximum Gasteiger partial charge on any atom is 0.333 e. The fourth-order valence-electron chi connectivity index (χ4n) is 7.17. The number of thiophene rings is 2. The molecule has 1 unspecified atom stereocenters. The number of carbonyl (C=O) groups is 1. The highest BCUT2D eigenvalue weighted by molar-refractivity contribution is 7.24. The number of fused-ring (bicyclic) bond motifs is 4. The zero-order valence-corrected chi connectivity index (χ0v) is 27.5. The molecule has 3 heterocycles. The van der Waals surface area contributed by atoms with Crippen molar-refractivity contribution in [2.45, 2.75) is 31.7 Å². The van der Waals surface area contributed by atoms with Crippen LogP contribution in [0, 0.1) is 6.57 Å². The Morgan fingerprint density at radius 2 is 1.55 bits per heavy atom. The number of benzene rings is 4. The van der Waals surface area contributed by atoms with Gasteiger partial charge in [0.15, 0.2) is 0 Å². The predicted molar refractivity (Wildman–Crippen MR) is 194 cm³/mol. The second-order valence-corrected chi connectivity index (χ2v) is 14.8. The van der Waals surface area contributed by atoms with E-state index in [4.69, 9.17) is 6.57 Å². The van der Waals surface area contributed by atoms with Crippen molar-refractivity contribution in [2.75, 3.05) is 4.90 Å². The molecule has 4 aromatic carbocycles. The summed E-state index contributed by atoms with van der Waals surface area (Å²) in [6.07, 6.45) is 2.36. The quantitative estimate of drug-likeness (QED) is 0.145. The summed E-state index contributed by atoms with van der Waals surface area (Å²) in [5.41, 5.74) is 11.4. The Hall–Kier alpha value is -5.22. The van der Waals surface area contributed by atoms with Crippen LogP contribution in [0.2, 0.25) is 0 Å². The van der Waals surface area contributed by atoms with Crippen molar-refractivity contribution in [1.82, 2.24) is 0 Å². The zero-order valence-electron chi connectivity index (χ0n) is 25.9. The van der Waals surface area contributed by atoms with E-state index in [1.54, 1.807) is 11.3 Å². The van der Waals surface area contributed by atoms with E-state index in [0.29, 0.717) is 0 Å². The number of aliphatic carboxylic acids is 1. The lowest BCUT2D eigenvalue weighted by molar-refractivity contribution is -0.132. The van der Waals surface area contributed by atoms with Crippen molar-refractivity contribution >= 4 is 46.1 Å². The maximum atomic E-state index is 11.3. The second kappa shape index (κ2) is 11.2. The summed E-state index contributed by atoms with van der Waals surface area (Å²) in [5.74, 6) is -1.20. The topological polar surface area (TPSA) is 44.9 Å². The third-order valence-corrected chi connectivity index (χ3v) is 11.8. The van der Waals surface area contributed by atoms with Crippen LogP contribution in [-0.2, 0) is 16.6 Å². The minimum Gasteiger partial charge on any atom is -0.486 e. The van der Waals surface area contributed by atoms with Crippen LogP contribution in [0.1, 0.15) is 47.0 Å². The molecular weight excluding hydrogens is 617 g/mol. The number of rotatable bonds is 6. The van der Waals surface area contributed by atoms with Gasteiger partial charge in [0, 0.05) is 36.3 Å². The van der Waals surface area contributed by atoms with Gasteiger partial charge in [-0.3, -0.25) is 4.79 Å². The van der Waals surface area contributed by atoms with Gasteiger partial charge in [-0.15, -0.1) is 22.7 Å². The van der Waals surface area contributed by atoms with E-state index >= 15 is 0 Å². The lowest BCUT2D eigenvalue weighted by Crippen LogP contribution is -2.21. The van der Waals surface area contributed by atoms with Crippen LogP contribution in [0.25, 0.3) is 42.2 Å². The molecule has 1 atom stereocenters. The Balaban J connectivity index is 1.15. The van der Waals surface area contributed by atoms with E-state index < -0.39 is 5.97 Å². The van der Waals surface area contributed by atoms with E-state index in [0.717, 1.165) is 21.1 Å². The summed E-state index contributed by atoms with van der Waals surface area (Å²) in [7, 11) is 0. The molecule has 0 bridgehead atoms. The fourth-order valence-corrected chi connectivity index (χ4v) is 9.21. The van der Waals surface area contributed by atoms with Gasteiger partial charge in [0.2, 0.25) is 0 Å². The minimum atomic E-state index is -1.20. The smallest absolute Gasteiger partial charge is 0.333 e. The number of anilines is 2. The summed E-state index contributed by atoms with van der Waals surface area (Å²) in [6.45, 7) is 11.8. The van der Waals surface area contributed by atoms with Gasteiger partial charge in [0.05, 0.1) is 12.6 Å². The summed E-state index contributed by atoms with van der Waals surface area (Å²) in [5, 5.41) is 9.23. The minimum absolute atomic E-state index is 0.0669. The highest BCUT2D eigenvalue weighted by Gasteiger charge is 2.37. The summed E-state index contributed by atoms with van der Waals surface area (Å²) in [6, 6.07) is 41.9. The van der Waals surface area contributed by atoms with E-state index in [2.05, 4.69) is 127 Å². The third-order valence-electron chi connectivity index (χ3n) is 9.47. The average molecular weight is 647 g/mol. The van der Waals surface area contributed by atoms with Crippen molar-refractivity contribution < 1.29 is 9.90 Å². The molecule has 0 spiro atoms. The number of carboxylic acids is 1. The van der Waals surface area contributed by atoms with Crippen LogP contribution >= 0.6 is 22.7 Å². The van der Waals surface area contributed by atoms with E-state index in [-0.39, 0.29) is 17.2 Å². The molecule has 0 amide bonds. The standard InChI is InChI=1S/C41H30N2O2S2/c1-41(2)32-12-8-7-11-30(32)31-16-14-28(23-33(31)41)43-35-17-13-26(21-27(35)22-36(43)25-9-5-4-6-10-25)37-19-20-39(47-37)38-18-15-29(46-38)24-34(42-3)40(44)45/h4-21,23-24,36H,22H2,1-2H3,(H,44,45)/b34-24-. The van der Waals surface area contributed by atoms with Crippen molar-refractivity contribution in [3.05, 3.63) is 160 Å². The Labute approximate surface area is 282 Å². The molecule has 1 aliphatic heterocycles. The first kappa shape index (κ1) is 29.2. The van der Waals surface area contributed by atoms with Crippen LogP contribution in [0.15, 0.2) is 121 Å². The van der Waals surface area contributed by atoms with E-state index in [1.165, 1.54) is 72.6 Å². The van der Waals surface area contributed by atoms with Crippen LogP contribution in [0.4, 0.5) is 11.4 Å². The molecule has 0 fully saturated rings. The molecular formula is C41H30N2O2S2. The third kappa shape index (κ3) is 4.91. The summed E-state index contributed by atoms with van der Waals surface area (Å²) < 4.78 is 0. The molecule has 228 valence electrons. The molecule has 1 N–H and O–H groups in total. The molecule has 6 heteroatoms. The molecule has 6 aromatic rings. The number of nitrogens with zero attached hydrogens (tertiary/aromatic N) is 2. The Morgan fingerprint density at radius 1 is 0.830 bits per heavy atom. The first-order valence-electron chi connectivity index (χ1n) is 15.6. The van der Waals surface area contributed by atoms with Gasteiger partial charge in [-0.25, -0.2) is 4.85 Å². The van der Waals surface area contributed by atoms with E-state index in [1.807, 2.05) is 12.1 Å². The predicted octanol–water partition coefficient (Wildman–Crippen LogP) is 11.2. The fraction of sp³-hybridized carbons (Fsp3) is 0.122. The molecule has 2 aliphatic rings. The van der Waals surface area contributed by atoms with Gasteiger partial charge in [0.25, 0.3) is 5.70 Å². The molecule has 47 heavy (non-hydrogen) atoms. The molecule has 0 saturated heterocycles. The number of hydrogen-bond acceptors (Lipinski definition) is 4. The normalized spacial score (nSPS) is 16.0. The van der Waals surface area contributed by atoms with Crippen LogP contribution in [0.3, 0.4) is 0 Å². The lowest BCUT2D eigenvalue weighted by Gasteiger charge is -2.30. The first-order valence-corrected chi connectivity index (χ1v) is 17.2. The Bertz CT molecular complexity index is 2270. The average Bonchev–Trinajstić information content (AvgIpc) is 3.88. The second-order valence-electron chi connectivity index (χ2n) is 12.6. The van der Waals surface area contributed by atoms with Crippen LogP contribution in [-0.4, -0.2) is 11.1 Å². The molecule has 2 aromatic heterocycles. The monoisotopic (exact) mass is 646 g/mol. The maximum absolute atomic E-state index is 11.3. The number of carboxylic acid groups (broad SMARTS) is 1. The molecule has 8 rings (SSSR count). The first-order chi connectivity index (χ1) is 22.8. The molecule has 1 aliphatic carbocycles. The van der Waals surface area contributed by atoms with Gasteiger partial charge in [-0.2, -0.15) is 0 Å². The van der Waals surface area contributed by atoms with Gasteiger partial charge in [0.1, 0.15) is 0 Å². The summed E-state index contributed by atoms with van der Waals surface area (Å²) in [4.78, 5) is 21.1. The van der Waals surface area contributed by atoms with Gasteiger partial charge >= 0.3 is 5.97 Å². The summed E-state index contributed by atoms with van der Waals surface area (Å²) >= 11 is 3.23.